The first-order chi connectivity index (χ1) is 15.9. The molecule has 4 nitrogen and oxygen atoms in total. The maximum absolute atomic E-state index is 14.0. The normalized spacial score (nSPS) is 14.3. The number of hydrogen-bond acceptors (Lipinski definition) is 3. The maximum Gasteiger partial charge on any atom is 0.201 e. The van der Waals surface area contributed by atoms with Crippen LogP contribution in [-0.4, -0.2) is 16.8 Å². The Balaban J connectivity index is 2.03. The molecule has 0 N–H and O–H groups in total. The standard InChI is InChI=1S/C29H27NO3/c1-6-10-21-27-20(13-14-29(3,4)33-27)25-24(28(21)32-15-7-2)26(31)22-16-18-11-8-9-12-19(18)17-23(22)30(25)5/h6-9,11-14,16-17H,1-2,10,15H2,3-5H3. The largest absolute Gasteiger partial charge is 0.488 e. The number of allylic oxidation sites excluding steroid dienone is 1. The molecule has 5 rings (SSSR count). The van der Waals surface area contributed by atoms with Crippen molar-refractivity contribution in [3.05, 3.63) is 89.1 Å². The van der Waals surface area contributed by atoms with Gasteiger partial charge in [-0.1, -0.05) is 43.0 Å². The van der Waals surface area contributed by atoms with E-state index in [1.165, 1.54) is 0 Å². The number of ether oxygens (including phenoxy) is 2. The number of benzene rings is 3. The van der Waals surface area contributed by atoms with Crippen molar-refractivity contribution >= 4 is 38.7 Å². The van der Waals surface area contributed by atoms with Gasteiger partial charge >= 0.3 is 0 Å². The van der Waals surface area contributed by atoms with Crippen LogP contribution in [0.25, 0.3) is 38.7 Å². The van der Waals surface area contributed by atoms with E-state index in [1.807, 2.05) is 57.3 Å². The number of hydrogen-bond donors (Lipinski definition) is 0. The van der Waals surface area contributed by atoms with Crippen molar-refractivity contribution in [2.75, 3.05) is 6.61 Å². The molecule has 0 saturated heterocycles. The third kappa shape index (κ3) is 3.25. The Morgan fingerprint density at radius 2 is 1.85 bits per heavy atom. The molecule has 3 aromatic carbocycles. The van der Waals surface area contributed by atoms with Crippen molar-refractivity contribution in [2.45, 2.75) is 25.9 Å². The van der Waals surface area contributed by atoms with Crippen LogP contribution in [0.5, 0.6) is 11.5 Å². The number of fused-ring (bicyclic) bond motifs is 5. The van der Waals surface area contributed by atoms with Crippen molar-refractivity contribution in [1.29, 1.82) is 0 Å². The van der Waals surface area contributed by atoms with E-state index >= 15 is 0 Å². The molecule has 1 aliphatic rings. The van der Waals surface area contributed by atoms with E-state index in [0.717, 1.165) is 38.7 Å². The van der Waals surface area contributed by atoms with E-state index in [0.29, 0.717) is 22.9 Å². The Morgan fingerprint density at radius 1 is 1.12 bits per heavy atom. The quantitative estimate of drug-likeness (QED) is 0.271. The molecule has 0 aliphatic carbocycles. The highest BCUT2D eigenvalue weighted by molar-refractivity contribution is 6.06. The first-order valence-corrected chi connectivity index (χ1v) is 11.1. The molecule has 4 heteroatoms. The summed E-state index contributed by atoms with van der Waals surface area (Å²) in [4.78, 5) is 14.0. The summed E-state index contributed by atoms with van der Waals surface area (Å²) in [6.45, 7) is 12.1. The van der Waals surface area contributed by atoms with E-state index in [-0.39, 0.29) is 12.0 Å². The zero-order valence-electron chi connectivity index (χ0n) is 19.3. The summed E-state index contributed by atoms with van der Waals surface area (Å²) in [5.41, 5.74) is 2.88. The molecule has 0 bridgehead atoms. The lowest BCUT2D eigenvalue weighted by atomic mass is 9.93. The second-order valence-electron chi connectivity index (χ2n) is 9.01. The molecule has 0 fully saturated rings. The van der Waals surface area contributed by atoms with Crippen molar-refractivity contribution < 1.29 is 9.47 Å². The van der Waals surface area contributed by atoms with Crippen molar-refractivity contribution in [2.24, 2.45) is 7.05 Å². The Labute approximate surface area is 193 Å². The van der Waals surface area contributed by atoms with Crippen LogP contribution in [-0.2, 0) is 13.5 Å². The molecule has 2 heterocycles. The van der Waals surface area contributed by atoms with Gasteiger partial charge in [-0.25, -0.2) is 0 Å². The van der Waals surface area contributed by atoms with Crippen LogP contribution in [0, 0.1) is 0 Å². The van der Waals surface area contributed by atoms with Gasteiger partial charge in [0.25, 0.3) is 0 Å². The maximum atomic E-state index is 14.0. The molecule has 0 saturated carbocycles. The summed E-state index contributed by atoms with van der Waals surface area (Å²) >= 11 is 0. The van der Waals surface area contributed by atoms with Gasteiger partial charge in [0.05, 0.1) is 16.4 Å². The Hall–Kier alpha value is -3.79. The number of nitrogens with zero attached hydrogens (tertiary/aromatic N) is 1. The van der Waals surface area contributed by atoms with Gasteiger partial charge in [-0.3, -0.25) is 4.79 Å². The van der Waals surface area contributed by atoms with Crippen LogP contribution in [0.1, 0.15) is 25.0 Å². The molecule has 0 atom stereocenters. The fraction of sp³-hybridized carbons (Fsp3) is 0.207. The van der Waals surface area contributed by atoms with Crippen LogP contribution in [0.2, 0.25) is 0 Å². The molecule has 1 aliphatic heterocycles. The summed E-state index contributed by atoms with van der Waals surface area (Å²) in [5, 5.41) is 3.35. The first-order valence-electron chi connectivity index (χ1n) is 11.1. The van der Waals surface area contributed by atoms with Crippen molar-refractivity contribution in [3.63, 3.8) is 0 Å². The summed E-state index contributed by atoms with van der Waals surface area (Å²) < 4.78 is 14.7. The van der Waals surface area contributed by atoms with Gasteiger partial charge in [0.2, 0.25) is 5.43 Å². The highest BCUT2D eigenvalue weighted by Crippen LogP contribution is 2.45. The molecule has 0 spiro atoms. The fourth-order valence-electron chi connectivity index (χ4n) is 4.75. The topological polar surface area (TPSA) is 40.5 Å². The molecular weight excluding hydrogens is 410 g/mol. The lowest BCUT2D eigenvalue weighted by Crippen LogP contribution is -2.29. The van der Waals surface area contributed by atoms with E-state index in [2.05, 4.69) is 35.9 Å². The summed E-state index contributed by atoms with van der Waals surface area (Å²) in [6, 6.07) is 12.2. The number of pyridine rings is 1. The fourth-order valence-corrected chi connectivity index (χ4v) is 4.75. The predicted molar refractivity (Wildman–Crippen MR) is 138 cm³/mol. The van der Waals surface area contributed by atoms with E-state index in [4.69, 9.17) is 9.47 Å². The lowest BCUT2D eigenvalue weighted by Gasteiger charge is -2.32. The highest BCUT2D eigenvalue weighted by atomic mass is 16.5. The summed E-state index contributed by atoms with van der Waals surface area (Å²) in [5.74, 6) is 1.29. The Bertz CT molecular complexity index is 1550. The Morgan fingerprint density at radius 3 is 2.55 bits per heavy atom. The van der Waals surface area contributed by atoms with Crippen LogP contribution < -0.4 is 14.9 Å². The average Bonchev–Trinajstić information content (AvgIpc) is 2.80. The van der Waals surface area contributed by atoms with Crippen LogP contribution in [0.3, 0.4) is 0 Å². The van der Waals surface area contributed by atoms with Gasteiger partial charge in [-0.15, -0.1) is 6.58 Å². The van der Waals surface area contributed by atoms with E-state index < -0.39 is 5.60 Å². The van der Waals surface area contributed by atoms with Gasteiger partial charge in [0, 0.05) is 23.6 Å². The second kappa shape index (κ2) is 7.66. The van der Waals surface area contributed by atoms with Gasteiger partial charge in [-0.05, 0) is 55.3 Å². The molecular formula is C29H27NO3. The predicted octanol–water partition coefficient (Wildman–Crippen LogP) is 6.32. The average molecular weight is 438 g/mol. The van der Waals surface area contributed by atoms with E-state index in [9.17, 15) is 4.79 Å². The zero-order chi connectivity index (χ0) is 23.3. The number of rotatable bonds is 5. The first kappa shape index (κ1) is 21.1. The van der Waals surface area contributed by atoms with Crippen molar-refractivity contribution in [3.8, 4) is 11.5 Å². The van der Waals surface area contributed by atoms with Crippen LogP contribution >= 0.6 is 0 Å². The second-order valence-corrected chi connectivity index (χ2v) is 9.01. The third-order valence-corrected chi connectivity index (χ3v) is 6.25. The van der Waals surface area contributed by atoms with Gasteiger partial charge in [0.1, 0.15) is 23.7 Å². The Kier molecular flexibility index (Phi) is 4.89. The van der Waals surface area contributed by atoms with Gasteiger partial charge in [0.15, 0.2) is 0 Å². The molecule has 33 heavy (non-hydrogen) atoms. The zero-order valence-corrected chi connectivity index (χ0v) is 19.3. The highest BCUT2D eigenvalue weighted by Gasteiger charge is 2.31. The smallest absolute Gasteiger partial charge is 0.201 e. The summed E-state index contributed by atoms with van der Waals surface area (Å²) in [7, 11) is 2.00. The number of aromatic nitrogens is 1. The third-order valence-electron chi connectivity index (χ3n) is 6.25. The SMILES string of the molecule is C=CCOc1c(CC=C)c2c(c3c1c(=O)c1cc4ccccc4cc1n3C)C=CC(C)(C)O2. The van der Waals surface area contributed by atoms with E-state index in [1.54, 1.807) is 6.08 Å². The molecule has 0 unspecified atom stereocenters. The lowest BCUT2D eigenvalue weighted by molar-refractivity contribution is 0.157. The van der Waals surface area contributed by atoms with Crippen LogP contribution in [0.4, 0.5) is 0 Å². The van der Waals surface area contributed by atoms with Gasteiger partial charge < -0.3 is 14.0 Å². The molecule has 1 aromatic heterocycles. The minimum atomic E-state index is -0.474. The minimum absolute atomic E-state index is 0.0470. The minimum Gasteiger partial charge on any atom is -0.488 e. The van der Waals surface area contributed by atoms with Crippen molar-refractivity contribution in [1.82, 2.24) is 4.57 Å². The molecule has 0 radical (unpaired) electrons. The monoisotopic (exact) mass is 437 g/mol. The van der Waals surface area contributed by atoms with Gasteiger partial charge in [-0.2, -0.15) is 0 Å². The van der Waals surface area contributed by atoms with Crippen LogP contribution in [0.15, 0.2) is 72.6 Å². The summed E-state index contributed by atoms with van der Waals surface area (Å²) in [6.07, 6.45) is 8.12. The molecule has 166 valence electrons. The number of aryl methyl sites for hydroxylation is 1. The molecule has 4 aromatic rings. The molecule has 0 amide bonds.